The Morgan fingerprint density at radius 2 is 2.11 bits per heavy atom. The summed E-state index contributed by atoms with van der Waals surface area (Å²) in [6, 6.07) is 9.21. The molecule has 0 saturated heterocycles. The third-order valence-electron chi connectivity index (χ3n) is 6.91. The minimum atomic E-state index is -0.875. The maximum absolute atomic E-state index is 12.0. The number of hydrogen-bond donors (Lipinski definition) is 3. The molecule has 38 heavy (non-hydrogen) atoms. The number of anilines is 2. The lowest BCUT2D eigenvalue weighted by Gasteiger charge is -2.25. The van der Waals surface area contributed by atoms with Gasteiger partial charge in [-0.3, -0.25) is 14.6 Å². The highest BCUT2D eigenvalue weighted by molar-refractivity contribution is 5.76. The number of ether oxygens (including phenoxy) is 1. The first-order valence-electron chi connectivity index (χ1n) is 13.5. The standard InChI is InChI=1S/C28H39N7O3/c1-21-25(9-6-14-29-21)38-20-19-35(18-13-24(28(36)37)33-26-12-16-31-34(26)2)17-4-3-8-23-11-10-22-7-5-15-30-27(22)32-23/h6,9-12,14,16,24,33H,3-5,7-8,13,15,17-20H2,1-2H3,(H,30,32)(H,36,37). The zero-order chi connectivity index (χ0) is 26.7. The molecule has 204 valence electrons. The lowest BCUT2D eigenvalue weighted by Crippen LogP contribution is -2.37. The van der Waals surface area contributed by atoms with E-state index in [1.165, 1.54) is 5.56 Å². The van der Waals surface area contributed by atoms with Crippen molar-refractivity contribution in [2.75, 3.05) is 43.4 Å². The molecular weight excluding hydrogens is 482 g/mol. The molecule has 0 amide bonds. The Hall–Kier alpha value is -3.66. The van der Waals surface area contributed by atoms with E-state index in [2.05, 4.69) is 37.7 Å². The topological polar surface area (TPSA) is 117 Å². The third-order valence-corrected chi connectivity index (χ3v) is 6.91. The fraction of sp³-hybridized carbons (Fsp3) is 0.500. The van der Waals surface area contributed by atoms with Crippen LogP contribution in [0, 0.1) is 6.92 Å². The highest BCUT2D eigenvalue weighted by atomic mass is 16.5. The van der Waals surface area contributed by atoms with Gasteiger partial charge in [-0.1, -0.05) is 6.07 Å². The van der Waals surface area contributed by atoms with E-state index in [0.29, 0.717) is 31.9 Å². The quantitative estimate of drug-likeness (QED) is 0.258. The zero-order valence-corrected chi connectivity index (χ0v) is 22.4. The van der Waals surface area contributed by atoms with Gasteiger partial charge in [-0.25, -0.2) is 9.78 Å². The summed E-state index contributed by atoms with van der Waals surface area (Å²) >= 11 is 0. The molecule has 0 radical (unpaired) electrons. The summed E-state index contributed by atoms with van der Waals surface area (Å²) in [6.45, 7) is 5.63. The van der Waals surface area contributed by atoms with Crippen LogP contribution < -0.4 is 15.4 Å². The van der Waals surface area contributed by atoms with Crippen molar-refractivity contribution in [3.05, 3.63) is 59.7 Å². The second kappa shape index (κ2) is 13.8. The lowest BCUT2D eigenvalue weighted by atomic mass is 10.1. The van der Waals surface area contributed by atoms with Crippen molar-refractivity contribution in [2.24, 2.45) is 7.05 Å². The summed E-state index contributed by atoms with van der Waals surface area (Å²) in [5.74, 6) is 1.63. The highest BCUT2D eigenvalue weighted by Crippen LogP contribution is 2.20. The largest absolute Gasteiger partial charge is 0.490 e. The van der Waals surface area contributed by atoms with Crippen LogP contribution in [0.3, 0.4) is 0 Å². The lowest BCUT2D eigenvalue weighted by molar-refractivity contribution is -0.138. The van der Waals surface area contributed by atoms with Gasteiger partial charge in [0.15, 0.2) is 0 Å². The molecule has 3 N–H and O–H groups in total. The number of carbonyl (C=O) groups is 1. The molecule has 1 atom stereocenters. The molecular formula is C28H39N7O3. The molecule has 1 unspecified atom stereocenters. The van der Waals surface area contributed by atoms with Gasteiger partial charge in [-0.05, 0) is 75.8 Å². The van der Waals surface area contributed by atoms with Crippen molar-refractivity contribution in [2.45, 2.75) is 51.5 Å². The summed E-state index contributed by atoms with van der Waals surface area (Å²) in [5.41, 5.74) is 3.28. The Balaban J connectivity index is 1.30. The Labute approximate surface area is 224 Å². The van der Waals surface area contributed by atoms with E-state index in [1.54, 1.807) is 30.2 Å². The summed E-state index contributed by atoms with van der Waals surface area (Å²) < 4.78 is 7.63. The van der Waals surface area contributed by atoms with Crippen LogP contribution >= 0.6 is 0 Å². The van der Waals surface area contributed by atoms with Gasteiger partial charge >= 0.3 is 5.97 Å². The van der Waals surface area contributed by atoms with Crippen molar-refractivity contribution >= 4 is 17.6 Å². The number of aryl methyl sites for hydroxylation is 4. The minimum Gasteiger partial charge on any atom is -0.490 e. The van der Waals surface area contributed by atoms with E-state index in [0.717, 1.165) is 68.1 Å². The summed E-state index contributed by atoms with van der Waals surface area (Å²) in [4.78, 5) is 23.3. The molecule has 0 saturated carbocycles. The van der Waals surface area contributed by atoms with Gasteiger partial charge in [0.1, 0.15) is 30.0 Å². The van der Waals surface area contributed by atoms with Gasteiger partial charge in [0.25, 0.3) is 0 Å². The fourth-order valence-corrected chi connectivity index (χ4v) is 4.65. The smallest absolute Gasteiger partial charge is 0.326 e. The number of fused-ring (bicyclic) bond motifs is 1. The van der Waals surface area contributed by atoms with Crippen LogP contribution in [0.4, 0.5) is 11.6 Å². The molecule has 10 heteroatoms. The molecule has 0 fully saturated rings. The number of carboxylic acid groups (broad SMARTS) is 1. The number of nitrogens with zero attached hydrogens (tertiary/aromatic N) is 5. The highest BCUT2D eigenvalue weighted by Gasteiger charge is 2.20. The first-order chi connectivity index (χ1) is 18.5. The van der Waals surface area contributed by atoms with Gasteiger partial charge in [0.05, 0.1) is 11.9 Å². The normalized spacial score (nSPS) is 13.6. The van der Waals surface area contributed by atoms with Crippen LogP contribution in [-0.2, 0) is 24.7 Å². The van der Waals surface area contributed by atoms with Crippen molar-refractivity contribution in [1.29, 1.82) is 0 Å². The second-order valence-corrected chi connectivity index (χ2v) is 9.74. The van der Waals surface area contributed by atoms with Crippen molar-refractivity contribution < 1.29 is 14.6 Å². The van der Waals surface area contributed by atoms with Crippen LogP contribution in [0.1, 0.15) is 42.6 Å². The van der Waals surface area contributed by atoms with Gasteiger partial charge in [0, 0.05) is 44.6 Å². The average Bonchev–Trinajstić information content (AvgIpc) is 3.33. The fourth-order valence-electron chi connectivity index (χ4n) is 4.65. The summed E-state index contributed by atoms with van der Waals surface area (Å²) in [5, 5.41) is 20.4. The summed E-state index contributed by atoms with van der Waals surface area (Å²) in [7, 11) is 1.79. The van der Waals surface area contributed by atoms with Crippen LogP contribution in [-0.4, -0.2) is 74.6 Å². The maximum Gasteiger partial charge on any atom is 0.326 e. The predicted octanol–water partition coefficient (Wildman–Crippen LogP) is 3.54. The molecule has 0 bridgehead atoms. The van der Waals surface area contributed by atoms with Crippen molar-refractivity contribution in [3.8, 4) is 5.75 Å². The zero-order valence-electron chi connectivity index (χ0n) is 22.4. The molecule has 3 aromatic heterocycles. The summed E-state index contributed by atoms with van der Waals surface area (Å²) in [6.07, 6.45) is 9.05. The molecule has 4 heterocycles. The molecule has 1 aliphatic heterocycles. The number of aromatic nitrogens is 4. The van der Waals surface area contributed by atoms with Crippen molar-refractivity contribution in [1.82, 2.24) is 24.6 Å². The second-order valence-electron chi connectivity index (χ2n) is 9.74. The average molecular weight is 522 g/mol. The number of nitrogens with one attached hydrogen (secondary N) is 2. The van der Waals surface area contributed by atoms with E-state index >= 15 is 0 Å². The van der Waals surface area contributed by atoms with E-state index in [4.69, 9.17) is 9.72 Å². The minimum absolute atomic E-state index is 0.463. The monoisotopic (exact) mass is 521 g/mol. The predicted molar refractivity (Wildman–Crippen MR) is 148 cm³/mol. The molecule has 4 rings (SSSR count). The molecule has 10 nitrogen and oxygen atoms in total. The van der Waals surface area contributed by atoms with Crippen LogP contribution in [0.5, 0.6) is 5.75 Å². The van der Waals surface area contributed by atoms with Gasteiger partial charge < -0.3 is 20.5 Å². The van der Waals surface area contributed by atoms with Crippen molar-refractivity contribution in [3.63, 3.8) is 0 Å². The van der Waals surface area contributed by atoms with E-state index in [-0.39, 0.29) is 0 Å². The third kappa shape index (κ3) is 7.92. The van der Waals surface area contributed by atoms with Gasteiger partial charge in [-0.15, -0.1) is 0 Å². The Kier molecular flexibility index (Phi) is 9.91. The molecule has 1 aliphatic rings. The first-order valence-corrected chi connectivity index (χ1v) is 13.5. The Bertz CT molecular complexity index is 1180. The maximum atomic E-state index is 12.0. The van der Waals surface area contributed by atoms with Gasteiger partial charge in [-0.2, -0.15) is 5.10 Å². The number of pyridine rings is 2. The molecule has 0 spiro atoms. The number of rotatable bonds is 15. The molecule has 0 aliphatic carbocycles. The number of aliphatic carboxylic acids is 1. The number of hydrogen-bond acceptors (Lipinski definition) is 8. The van der Waals surface area contributed by atoms with Crippen LogP contribution in [0.2, 0.25) is 0 Å². The van der Waals surface area contributed by atoms with Crippen LogP contribution in [0.25, 0.3) is 0 Å². The Morgan fingerprint density at radius 3 is 2.89 bits per heavy atom. The first kappa shape index (κ1) is 27.4. The van der Waals surface area contributed by atoms with E-state index < -0.39 is 12.0 Å². The van der Waals surface area contributed by atoms with E-state index in [1.807, 2.05) is 19.1 Å². The molecule has 0 aromatic carbocycles. The SMILES string of the molecule is Cc1ncccc1OCCN(CCCCc1ccc2c(n1)NCCC2)CCC(Nc1ccnn1C)C(=O)O. The van der Waals surface area contributed by atoms with Crippen LogP contribution in [0.15, 0.2) is 42.7 Å². The number of unbranched alkanes of at least 4 members (excludes halogenated alkanes) is 1. The molecule has 3 aromatic rings. The Morgan fingerprint density at radius 1 is 1.21 bits per heavy atom. The van der Waals surface area contributed by atoms with E-state index in [9.17, 15) is 9.90 Å². The van der Waals surface area contributed by atoms with Gasteiger partial charge in [0.2, 0.25) is 0 Å². The number of carboxylic acids is 1.